The number of benzene rings is 2. The van der Waals surface area contributed by atoms with Crippen LogP contribution in [-0.2, 0) is 4.74 Å². The van der Waals surface area contributed by atoms with Gasteiger partial charge in [0.1, 0.15) is 5.75 Å². The van der Waals surface area contributed by atoms with Crippen LogP contribution in [0.3, 0.4) is 0 Å². The summed E-state index contributed by atoms with van der Waals surface area (Å²) in [6.07, 6.45) is 1.25. The summed E-state index contributed by atoms with van der Waals surface area (Å²) in [6, 6.07) is 17.1. The molecule has 0 saturated carbocycles. The van der Waals surface area contributed by atoms with Crippen molar-refractivity contribution in [2.75, 3.05) is 25.6 Å². The van der Waals surface area contributed by atoms with Crippen molar-refractivity contribution in [3.63, 3.8) is 0 Å². The third kappa shape index (κ3) is 2.26. The molecule has 1 N–H and O–H groups in total. The lowest BCUT2D eigenvalue weighted by atomic mass is 9.75. The maximum atomic E-state index is 6.16. The fraction of sp³-hybridized carbons (Fsp3) is 0.368. The second-order valence-electron chi connectivity index (χ2n) is 6.10. The minimum Gasteiger partial charge on any atom is -0.497 e. The standard InChI is InChI=1S/C19H21NO2/c1-21-14-7-8-18-16(11-14)19-17(12-20-18)15(9-10-22-19)13-5-3-2-4-6-13/h2-8,11,15,17,19-20H,9-10,12H2,1H3/t15-,17?,19?/m1/s1. The quantitative estimate of drug-likeness (QED) is 0.909. The van der Waals surface area contributed by atoms with Gasteiger partial charge >= 0.3 is 0 Å². The summed E-state index contributed by atoms with van der Waals surface area (Å²) < 4.78 is 11.6. The Hall–Kier alpha value is -2.00. The fourth-order valence-corrected chi connectivity index (χ4v) is 3.85. The summed E-state index contributed by atoms with van der Waals surface area (Å²) in [5, 5.41) is 3.58. The fourth-order valence-electron chi connectivity index (χ4n) is 3.85. The predicted octanol–water partition coefficient (Wildman–Crippen LogP) is 3.98. The Kier molecular flexibility index (Phi) is 3.51. The van der Waals surface area contributed by atoms with Gasteiger partial charge in [0.05, 0.1) is 13.2 Å². The normalized spacial score (nSPS) is 26.5. The van der Waals surface area contributed by atoms with Crippen LogP contribution in [0.25, 0.3) is 0 Å². The van der Waals surface area contributed by atoms with Crippen LogP contribution < -0.4 is 10.1 Å². The Morgan fingerprint density at radius 1 is 1.14 bits per heavy atom. The lowest BCUT2D eigenvalue weighted by molar-refractivity contribution is -0.0382. The molecule has 2 aliphatic rings. The molecular weight excluding hydrogens is 274 g/mol. The maximum absolute atomic E-state index is 6.16. The first-order valence-corrected chi connectivity index (χ1v) is 7.95. The molecule has 2 unspecified atom stereocenters. The van der Waals surface area contributed by atoms with E-state index in [0.717, 1.165) is 25.3 Å². The minimum absolute atomic E-state index is 0.158. The summed E-state index contributed by atoms with van der Waals surface area (Å²) >= 11 is 0. The van der Waals surface area contributed by atoms with E-state index in [0.29, 0.717) is 11.8 Å². The molecule has 1 fully saturated rings. The lowest BCUT2D eigenvalue weighted by Gasteiger charge is -2.42. The van der Waals surface area contributed by atoms with Crippen LogP contribution in [-0.4, -0.2) is 20.3 Å². The highest BCUT2D eigenvalue weighted by Crippen LogP contribution is 2.47. The molecule has 1 saturated heterocycles. The zero-order valence-electron chi connectivity index (χ0n) is 12.8. The molecule has 0 aliphatic carbocycles. The van der Waals surface area contributed by atoms with Crippen LogP contribution in [0.1, 0.15) is 29.6 Å². The predicted molar refractivity (Wildman–Crippen MR) is 87.5 cm³/mol. The highest BCUT2D eigenvalue weighted by atomic mass is 16.5. The molecule has 2 aromatic carbocycles. The van der Waals surface area contributed by atoms with Gasteiger partial charge in [0.25, 0.3) is 0 Å². The number of ether oxygens (including phenoxy) is 2. The molecule has 2 heterocycles. The van der Waals surface area contributed by atoms with Crippen molar-refractivity contribution in [3.8, 4) is 5.75 Å². The zero-order chi connectivity index (χ0) is 14.9. The van der Waals surface area contributed by atoms with Gasteiger partial charge < -0.3 is 14.8 Å². The lowest BCUT2D eigenvalue weighted by Crippen LogP contribution is -2.37. The average molecular weight is 295 g/mol. The second-order valence-corrected chi connectivity index (χ2v) is 6.10. The largest absolute Gasteiger partial charge is 0.497 e. The Morgan fingerprint density at radius 3 is 2.82 bits per heavy atom. The van der Waals surface area contributed by atoms with E-state index in [-0.39, 0.29) is 6.10 Å². The van der Waals surface area contributed by atoms with Crippen LogP contribution in [0, 0.1) is 5.92 Å². The van der Waals surface area contributed by atoms with Gasteiger partial charge in [-0.15, -0.1) is 0 Å². The highest BCUT2D eigenvalue weighted by molar-refractivity contribution is 5.58. The maximum Gasteiger partial charge on any atom is 0.119 e. The van der Waals surface area contributed by atoms with E-state index in [9.17, 15) is 0 Å². The van der Waals surface area contributed by atoms with E-state index in [1.54, 1.807) is 7.11 Å². The molecule has 2 aromatic rings. The molecule has 3 heteroatoms. The van der Waals surface area contributed by atoms with E-state index in [4.69, 9.17) is 9.47 Å². The van der Waals surface area contributed by atoms with Crippen LogP contribution in [0.4, 0.5) is 5.69 Å². The van der Waals surface area contributed by atoms with Gasteiger partial charge in [-0.1, -0.05) is 30.3 Å². The number of hydrogen-bond donors (Lipinski definition) is 1. The zero-order valence-corrected chi connectivity index (χ0v) is 12.8. The van der Waals surface area contributed by atoms with Crippen LogP contribution in [0.2, 0.25) is 0 Å². The first-order valence-electron chi connectivity index (χ1n) is 7.95. The third-order valence-corrected chi connectivity index (χ3v) is 4.95. The SMILES string of the molecule is COc1ccc2c(c1)C1OCC[C@H](c3ccccc3)C1CN2. The van der Waals surface area contributed by atoms with E-state index in [1.807, 2.05) is 6.07 Å². The summed E-state index contributed by atoms with van der Waals surface area (Å²) in [6.45, 7) is 1.78. The van der Waals surface area contributed by atoms with Crippen molar-refractivity contribution < 1.29 is 9.47 Å². The van der Waals surface area contributed by atoms with Crippen LogP contribution in [0.5, 0.6) is 5.75 Å². The van der Waals surface area contributed by atoms with Crippen molar-refractivity contribution in [2.45, 2.75) is 18.4 Å². The van der Waals surface area contributed by atoms with E-state index < -0.39 is 0 Å². The topological polar surface area (TPSA) is 30.5 Å². The molecule has 0 bridgehead atoms. The van der Waals surface area contributed by atoms with Gasteiger partial charge in [0.2, 0.25) is 0 Å². The molecule has 3 atom stereocenters. The molecule has 0 radical (unpaired) electrons. The first kappa shape index (κ1) is 13.6. The molecule has 0 amide bonds. The molecule has 114 valence electrons. The number of fused-ring (bicyclic) bond motifs is 3. The number of anilines is 1. The highest BCUT2D eigenvalue weighted by Gasteiger charge is 2.39. The molecule has 4 rings (SSSR count). The Morgan fingerprint density at radius 2 is 2.00 bits per heavy atom. The van der Waals surface area contributed by atoms with Crippen molar-refractivity contribution in [1.82, 2.24) is 0 Å². The summed E-state index contributed by atoms with van der Waals surface area (Å²) in [5.74, 6) is 1.91. The van der Waals surface area contributed by atoms with Gasteiger partial charge in [-0.05, 0) is 36.1 Å². The summed E-state index contributed by atoms with van der Waals surface area (Å²) in [7, 11) is 1.71. The van der Waals surface area contributed by atoms with Crippen molar-refractivity contribution >= 4 is 5.69 Å². The Bertz CT molecular complexity index is 656. The van der Waals surface area contributed by atoms with Gasteiger partial charge in [-0.2, -0.15) is 0 Å². The van der Waals surface area contributed by atoms with E-state index >= 15 is 0 Å². The third-order valence-electron chi connectivity index (χ3n) is 4.95. The Balaban J connectivity index is 1.70. The molecule has 22 heavy (non-hydrogen) atoms. The number of hydrogen-bond acceptors (Lipinski definition) is 3. The number of rotatable bonds is 2. The molecule has 0 spiro atoms. The van der Waals surface area contributed by atoms with E-state index in [1.165, 1.54) is 16.8 Å². The number of nitrogens with one attached hydrogen (secondary N) is 1. The van der Waals surface area contributed by atoms with Gasteiger partial charge in [-0.3, -0.25) is 0 Å². The number of methoxy groups -OCH3 is 1. The van der Waals surface area contributed by atoms with Crippen molar-refractivity contribution in [2.24, 2.45) is 5.92 Å². The van der Waals surface area contributed by atoms with Crippen LogP contribution in [0.15, 0.2) is 48.5 Å². The van der Waals surface area contributed by atoms with Gasteiger partial charge in [0.15, 0.2) is 0 Å². The van der Waals surface area contributed by atoms with Gasteiger partial charge in [0, 0.05) is 30.3 Å². The monoisotopic (exact) mass is 295 g/mol. The van der Waals surface area contributed by atoms with Crippen LogP contribution >= 0.6 is 0 Å². The molecule has 0 aromatic heterocycles. The van der Waals surface area contributed by atoms with Gasteiger partial charge in [-0.25, -0.2) is 0 Å². The molecule has 2 aliphatic heterocycles. The summed E-state index contributed by atoms with van der Waals surface area (Å²) in [4.78, 5) is 0. The molecular formula is C19H21NO2. The summed E-state index contributed by atoms with van der Waals surface area (Å²) in [5.41, 5.74) is 3.83. The Labute approximate surface area is 131 Å². The van der Waals surface area contributed by atoms with Crippen molar-refractivity contribution in [3.05, 3.63) is 59.7 Å². The minimum atomic E-state index is 0.158. The first-order chi connectivity index (χ1) is 10.9. The van der Waals surface area contributed by atoms with Crippen molar-refractivity contribution in [1.29, 1.82) is 0 Å². The smallest absolute Gasteiger partial charge is 0.119 e. The molecule has 3 nitrogen and oxygen atoms in total. The second kappa shape index (κ2) is 5.65. The van der Waals surface area contributed by atoms with E-state index in [2.05, 4.69) is 47.8 Å². The average Bonchev–Trinajstić information content (AvgIpc) is 2.61.